The second-order valence-corrected chi connectivity index (χ2v) is 5.17. The topological polar surface area (TPSA) is 35.2 Å². The van der Waals surface area contributed by atoms with Crippen molar-refractivity contribution in [1.29, 1.82) is 0 Å². The van der Waals surface area contributed by atoms with E-state index in [0.717, 1.165) is 0 Å². The van der Waals surface area contributed by atoms with E-state index in [1.807, 2.05) is 20.8 Å². The molecule has 0 aromatic heterocycles. The van der Waals surface area contributed by atoms with Crippen molar-refractivity contribution in [2.75, 3.05) is 6.61 Å². The molecule has 90 valence electrons. The van der Waals surface area contributed by atoms with E-state index in [1.165, 1.54) is 0 Å². The van der Waals surface area contributed by atoms with Crippen molar-refractivity contribution in [2.45, 2.75) is 33.7 Å². The number of hydrogen-bond acceptors (Lipinski definition) is 2. The Morgan fingerprint density at radius 1 is 1.38 bits per heavy atom. The van der Waals surface area contributed by atoms with Crippen LogP contribution in [-0.4, -0.2) is 12.6 Å². The minimum absolute atomic E-state index is 0.0414. The first-order chi connectivity index (χ1) is 7.32. The van der Waals surface area contributed by atoms with E-state index in [9.17, 15) is 4.39 Å². The minimum Gasteiger partial charge on any atom is -0.489 e. The van der Waals surface area contributed by atoms with Crippen LogP contribution in [0.3, 0.4) is 0 Å². The number of ether oxygens (including phenoxy) is 1. The Morgan fingerprint density at radius 2 is 2.00 bits per heavy atom. The lowest BCUT2D eigenvalue weighted by Crippen LogP contribution is -2.40. The molecule has 16 heavy (non-hydrogen) atoms. The van der Waals surface area contributed by atoms with Crippen LogP contribution in [0.15, 0.2) is 18.2 Å². The van der Waals surface area contributed by atoms with Crippen molar-refractivity contribution in [3.05, 3.63) is 29.6 Å². The molecule has 1 atom stereocenters. The van der Waals surface area contributed by atoms with E-state index in [4.69, 9.17) is 10.5 Å². The van der Waals surface area contributed by atoms with Crippen LogP contribution in [0.25, 0.3) is 0 Å². The molecule has 1 aromatic rings. The van der Waals surface area contributed by atoms with E-state index in [2.05, 4.69) is 0 Å². The molecule has 0 spiro atoms. The Hall–Kier alpha value is -1.09. The van der Waals surface area contributed by atoms with Gasteiger partial charge in [0.1, 0.15) is 6.61 Å². The molecule has 0 bridgehead atoms. The van der Waals surface area contributed by atoms with Crippen molar-refractivity contribution in [1.82, 2.24) is 0 Å². The number of nitrogens with two attached hydrogens (primary N) is 1. The van der Waals surface area contributed by atoms with Gasteiger partial charge in [0.05, 0.1) is 0 Å². The highest BCUT2D eigenvalue weighted by Crippen LogP contribution is 2.22. The third kappa shape index (κ3) is 3.20. The molecule has 0 heterocycles. The highest BCUT2D eigenvalue weighted by Gasteiger charge is 2.21. The lowest BCUT2D eigenvalue weighted by atomic mass is 9.88. The summed E-state index contributed by atoms with van der Waals surface area (Å²) in [5, 5.41) is 0. The number of hydrogen-bond donors (Lipinski definition) is 1. The first-order valence-corrected chi connectivity index (χ1v) is 5.46. The van der Waals surface area contributed by atoms with Gasteiger partial charge in [0.2, 0.25) is 0 Å². The molecule has 0 aliphatic heterocycles. The van der Waals surface area contributed by atoms with Gasteiger partial charge in [-0.3, -0.25) is 0 Å². The highest BCUT2D eigenvalue weighted by molar-refractivity contribution is 5.30. The van der Waals surface area contributed by atoms with Crippen molar-refractivity contribution >= 4 is 0 Å². The fraction of sp³-hybridized carbons (Fsp3) is 0.538. The summed E-state index contributed by atoms with van der Waals surface area (Å²) < 4.78 is 19.0. The molecule has 2 N–H and O–H groups in total. The van der Waals surface area contributed by atoms with Gasteiger partial charge < -0.3 is 10.5 Å². The van der Waals surface area contributed by atoms with Crippen molar-refractivity contribution < 1.29 is 9.13 Å². The second-order valence-electron chi connectivity index (χ2n) is 5.17. The Bertz CT molecular complexity index is 357. The monoisotopic (exact) mass is 225 g/mol. The fourth-order valence-electron chi connectivity index (χ4n) is 1.16. The number of halogens is 1. The second kappa shape index (κ2) is 4.83. The van der Waals surface area contributed by atoms with Gasteiger partial charge >= 0.3 is 0 Å². The van der Waals surface area contributed by atoms with E-state index >= 15 is 0 Å². The summed E-state index contributed by atoms with van der Waals surface area (Å²) in [7, 11) is 0. The van der Waals surface area contributed by atoms with Crippen LogP contribution in [0, 0.1) is 18.2 Å². The molecular formula is C13H20FNO. The molecule has 1 unspecified atom stereocenters. The molecule has 0 aliphatic carbocycles. The SMILES string of the molecule is Cc1cccc(OCC(N)C(C)(C)C)c1F. The average Bonchev–Trinajstić information content (AvgIpc) is 2.18. The number of rotatable bonds is 3. The third-order valence-electron chi connectivity index (χ3n) is 2.69. The molecular weight excluding hydrogens is 205 g/mol. The van der Waals surface area contributed by atoms with Gasteiger partial charge in [-0.05, 0) is 24.0 Å². The Balaban J connectivity index is 2.65. The first-order valence-electron chi connectivity index (χ1n) is 5.46. The van der Waals surface area contributed by atoms with E-state index in [0.29, 0.717) is 12.2 Å². The maximum atomic E-state index is 13.6. The maximum Gasteiger partial charge on any atom is 0.167 e. The zero-order chi connectivity index (χ0) is 12.3. The predicted octanol–water partition coefficient (Wildman–Crippen LogP) is 2.89. The van der Waals surface area contributed by atoms with E-state index in [1.54, 1.807) is 25.1 Å². The summed E-state index contributed by atoms with van der Waals surface area (Å²) in [6, 6.07) is 4.99. The van der Waals surface area contributed by atoms with Crippen LogP contribution in [-0.2, 0) is 0 Å². The summed E-state index contributed by atoms with van der Waals surface area (Å²) >= 11 is 0. The highest BCUT2D eigenvalue weighted by atomic mass is 19.1. The van der Waals surface area contributed by atoms with Crippen molar-refractivity contribution in [3.8, 4) is 5.75 Å². The van der Waals surface area contributed by atoms with Gasteiger partial charge in [0.15, 0.2) is 11.6 Å². The average molecular weight is 225 g/mol. The van der Waals surface area contributed by atoms with Crippen LogP contribution < -0.4 is 10.5 Å². The summed E-state index contributed by atoms with van der Waals surface area (Å²) in [6.45, 7) is 8.14. The lowest BCUT2D eigenvalue weighted by molar-refractivity contribution is 0.200. The molecule has 0 radical (unpaired) electrons. The van der Waals surface area contributed by atoms with Crippen LogP contribution >= 0.6 is 0 Å². The maximum absolute atomic E-state index is 13.6. The predicted molar refractivity (Wildman–Crippen MR) is 64.1 cm³/mol. The van der Waals surface area contributed by atoms with Crippen LogP contribution in [0.5, 0.6) is 5.75 Å². The zero-order valence-corrected chi connectivity index (χ0v) is 10.4. The van der Waals surface area contributed by atoms with Gasteiger partial charge in [0.25, 0.3) is 0 Å². The van der Waals surface area contributed by atoms with Gasteiger partial charge in [-0.15, -0.1) is 0 Å². The third-order valence-corrected chi connectivity index (χ3v) is 2.69. The zero-order valence-electron chi connectivity index (χ0n) is 10.4. The minimum atomic E-state index is -0.302. The van der Waals surface area contributed by atoms with Crippen molar-refractivity contribution in [2.24, 2.45) is 11.1 Å². The molecule has 2 nitrogen and oxygen atoms in total. The Labute approximate surface area is 96.6 Å². The van der Waals surface area contributed by atoms with Crippen LogP contribution in [0.4, 0.5) is 4.39 Å². The first kappa shape index (κ1) is 13.0. The van der Waals surface area contributed by atoms with Crippen LogP contribution in [0.2, 0.25) is 0 Å². The quantitative estimate of drug-likeness (QED) is 0.858. The molecule has 0 amide bonds. The molecule has 1 rings (SSSR count). The largest absolute Gasteiger partial charge is 0.489 e. The van der Waals surface area contributed by atoms with Crippen molar-refractivity contribution in [3.63, 3.8) is 0 Å². The van der Waals surface area contributed by atoms with Crippen LogP contribution in [0.1, 0.15) is 26.3 Å². The van der Waals surface area contributed by atoms with Gasteiger partial charge in [0, 0.05) is 6.04 Å². The number of aryl methyl sites for hydroxylation is 1. The van der Waals surface area contributed by atoms with Gasteiger partial charge in [-0.1, -0.05) is 32.9 Å². The van der Waals surface area contributed by atoms with Gasteiger partial charge in [-0.25, -0.2) is 4.39 Å². The van der Waals surface area contributed by atoms with E-state index in [-0.39, 0.29) is 23.0 Å². The lowest BCUT2D eigenvalue weighted by Gasteiger charge is -2.26. The summed E-state index contributed by atoms with van der Waals surface area (Å²) in [6.07, 6.45) is 0. The summed E-state index contributed by atoms with van der Waals surface area (Å²) in [5.74, 6) is -0.0247. The smallest absolute Gasteiger partial charge is 0.167 e. The summed E-state index contributed by atoms with van der Waals surface area (Å²) in [4.78, 5) is 0. The molecule has 0 aliphatic rings. The Kier molecular flexibility index (Phi) is 3.92. The molecule has 3 heteroatoms. The molecule has 0 fully saturated rings. The standard InChI is InChI=1S/C13H20FNO/c1-9-6-5-7-10(12(9)14)16-8-11(15)13(2,3)4/h5-7,11H,8,15H2,1-4H3. The van der Waals surface area contributed by atoms with Gasteiger partial charge in [-0.2, -0.15) is 0 Å². The van der Waals surface area contributed by atoms with E-state index < -0.39 is 0 Å². The summed E-state index contributed by atoms with van der Waals surface area (Å²) in [5.41, 5.74) is 6.48. The Morgan fingerprint density at radius 3 is 2.56 bits per heavy atom. The molecule has 1 aromatic carbocycles. The normalized spacial score (nSPS) is 13.6. The number of benzene rings is 1. The fourth-order valence-corrected chi connectivity index (χ4v) is 1.16. The molecule has 0 saturated carbocycles. The molecule has 0 saturated heterocycles.